The maximum atomic E-state index is 13.8. The average molecular weight is 643 g/mol. The van der Waals surface area contributed by atoms with Crippen LogP contribution in [0.5, 0.6) is 5.75 Å². The molecule has 2 aromatic carbocycles. The Bertz CT molecular complexity index is 1280. The SMILES string of the molecule is CCCCN1C(=O)[C@@H]([C@H](O)C2CCOCC2)NC(=O)C12CCN(Cc1ccc(OCc3ccc(C(=O)NC)cc3)cc1)CC2.Cl. The highest BCUT2D eigenvalue weighted by molar-refractivity contribution is 6.00. The molecule has 3 fully saturated rings. The second kappa shape index (κ2) is 15.9. The third-order valence-corrected chi connectivity index (χ3v) is 9.45. The summed E-state index contributed by atoms with van der Waals surface area (Å²) < 4.78 is 11.4. The second-order valence-corrected chi connectivity index (χ2v) is 12.3. The molecule has 2 aromatic rings. The summed E-state index contributed by atoms with van der Waals surface area (Å²) in [6, 6.07) is 14.5. The van der Waals surface area contributed by atoms with Crippen LogP contribution >= 0.6 is 12.4 Å². The van der Waals surface area contributed by atoms with Crippen molar-refractivity contribution in [3.8, 4) is 5.75 Å². The molecule has 0 aromatic heterocycles. The standard InChI is InChI=1S/C34H46N4O6.ClH/c1-3-4-17-38-32(41)29(30(39)26-13-20-43-21-14-26)36-33(42)34(38)15-18-37(19-16-34)22-24-7-11-28(12-8-24)44-23-25-5-9-27(10-6-25)31(40)35-2;/h5-12,26,29-30,39H,3-4,13-23H2,1-2H3,(H,35,40)(H,36,42);1H/t29-,30-;/m1./s1. The molecular formula is C34H47ClN4O6. The first-order valence-corrected chi connectivity index (χ1v) is 16.0. The normalized spacial score (nSPS) is 21.1. The van der Waals surface area contributed by atoms with Gasteiger partial charge in [-0.15, -0.1) is 12.4 Å². The van der Waals surface area contributed by atoms with Crippen molar-refractivity contribution < 1.29 is 29.0 Å². The molecule has 45 heavy (non-hydrogen) atoms. The minimum Gasteiger partial charge on any atom is -0.489 e. The number of benzene rings is 2. The summed E-state index contributed by atoms with van der Waals surface area (Å²) in [6.45, 7) is 6.29. The molecule has 0 unspecified atom stereocenters. The van der Waals surface area contributed by atoms with E-state index in [1.165, 1.54) is 0 Å². The number of carbonyl (C=O) groups excluding carboxylic acids is 3. The lowest BCUT2D eigenvalue weighted by Gasteiger charge is -2.52. The van der Waals surface area contributed by atoms with E-state index in [0.29, 0.717) is 70.7 Å². The molecule has 5 rings (SSSR count). The molecule has 0 radical (unpaired) electrons. The molecule has 1 spiro atoms. The number of likely N-dealkylation sites (tertiary alicyclic amines) is 1. The Morgan fingerprint density at radius 1 is 1.07 bits per heavy atom. The number of aliphatic hydroxyl groups is 1. The maximum absolute atomic E-state index is 13.8. The van der Waals surface area contributed by atoms with E-state index in [1.807, 2.05) is 24.3 Å². The van der Waals surface area contributed by atoms with Gasteiger partial charge < -0.3 is 30.1 Å². The molecule has 3 amide bonds. The summed E-state index contributed by atoms with van der Waals surface area (Å²) in [4.78, 5) is 43.4. The van der Waals surface area contributed by atoms with Gasteiger partial charge in [-0.1, -0.05) is 37.6 Å². The maximum Gasteiger partial charge on any atom is 0.251 e. The number of halogens is 1. The van der Waals surface area contributed by atoms with Crippen LogP contribution in [0.15, 0.2) is 48.5 Å². The van der Waals surface area contributed by atoms with Crippen LogP contribution in [-0.4, -0.2) is 90.2 Å². The van der Waals surface area contributed by atoms with Crippen LogP contribution in [0.1, 0.15) is 66.9 Å². The van der Waals surface area contributed by atoms with Crippen LogP contribution in [0.25, 0.3) is 0 Å². The highest BCUT2D eigenvalue weighted by atomic mass is 35.5. The van der Waals surface area contributed by atoms with Crippen molar-refractivity contribution in [2.45, 2.75) is 76.3 Å². The molecule has 246 valence electrons. The van der Waals surface area contributed by atoms with Gasteiger partial charge in [0.05, 0.1) is 6.10 Å². The number of amides is 3. The summed E-state index contributed by atoms with van der Waals surface area (Å²) >= 11 is 0. The third kappa shape index (κ3) is 7.98. The number of ether oxygens (including phenoxy) is 2. The Kier molecular flexibility index (Phi) is 12.2. The van der Waals surface area contributed by atoms with Crippen molar-refractivity contribution in [3.63, 3.8) is 0 Å². The highest BCUT2D eigenvalue weighted by Gasteiger charge is 2.55. The molecule has 10 nitrogen and oxygen atoms in total. The minimum absolute atomic E-state index is 0. The first-order valence-electron chi connectivity index (χ1n) is 16.0. The molecule has 2 atom stereocenters. The molecule has 3 aliphatic rings. The Labute approximate surface area is 272 Å². The summed E-state index contributed by atoms with van der Waals surface area (Å²) in [5.74, 6) is 0.316. The lowest BCUT2D eigenvalue weighted by atomic mass is 9.79. The van der Waals surface area contributed by atoms with Crippen molar-refractivity contribution in [2.24, 2.45) is 5.92 Å². The van der Waals surface area contributed by atoms with Crippen molar-refractivity contribution in [1.29, 1.82) is 0 Å². The summed E-state index contributed by atoms with van der Waals surface area (Å²) in [5, 5.41) is 16.7. The first kappa shape index (κ1) is 34.7. The van der Waals surface area contributed by atoms with E-state index in [-0.39, 0.29) is 36.0 Å². The van der Waals surface area contributed by atoms with E-state index in [2.05, 4.69) is 34.6 Å². The second-order valence-electron chi connectivity index (χ2n) is 12.3. The highest BCUT2D eigenvalue weighted by Crippen LogP contribution is 2.35. The van der Waals surface area contributed by atoms with Gasteiger partial charge in [-0.2, -0.15) is 0 Å². The van der Waals surface area contributed by atoms with Gasteiger partial charge >= 0.3 is 0 Å². The van der Waals surface area contributed by atoms with Gasteiger partial charge in [-0.25, -0.2) is 0 Å². The number of nitrogens with one attached hydrogen (secondary N) is 2. The number of aliphatic hydroxyl groups excluding tert-OH is 1. The van der Waals surface area contributed by atoms with Crippen molar-refractivity contribution in [3.05, 3.63) is 65.2 Å². The Morgan fingerprint density at radius 2 is 1.71 bits per heavy atom. The topological polar surface area (TPSA) is 120 Å². The number of piperidine rings is 1. The summed E-state index contributed by atoms with van der Waals surface area (Å²) in [6.07, 6.45) is 3.35. The Morgan fingerprint density at radius 3 is 2.33 bits per heavy atom. The van der Waals surface area contributed by atoms with E-state index in [4.69, 9.17) is 9.47 Å². The molecule has 0 saturated carbocycles. The zero-order valence-corrected chi connectivity index (χ0v) is 27.2. The van der Waals surface area contributed by atoms with Crippen LogP contribution in [0.4, 0.5) is 0 Å². The van der Waals surface area contributed by atoms with E-state index >= 15 is 0 Å². The zero-order valence-electron chi connectivity index (χ0n) is 26.3. The minimum atomic E-state index is -0.904. The Balaban J connectivity index is 0.00000461. The Hall–Kier alpha value is -3.18. The predicted molar refractivity (Wildman–Crippen MR) is 173 cm³/mol. The van der Waals surface area contributed by atoms with Crippen molar-refractivity contribution >= 4 is 30.1 Å². The lowest BCUT2D eigenvalue weighted by molar-refractivity contribution is -0.166. The van der Waals surface area contributed by atoms with Gasteiger partial charge in [0.15, 0.2) is 0 Å². The predicted octanol–water partition coefficient (Wildman–Crippen LogP) is 3.30. The number of hydrogen-bond acceptors (Lipinski definition) is 7. The van der Waals surface area contributed by atoms with Gasteiger partial charge in [-0.3, -0.25) is 19.3 Å². The third-order valence-electron chi connectivity index (χ3n) is 9.45. The lowest BCUT2D eigenvalue weighted by Crippen LogP contribution is -2.75. The fourth-order valence-electron chi connectivity index (χ4n) is 6.63. The number of piperazine rings is 1. The molecule has 3 aliphatic heterocycles. The fourth-order valence-corrected chi connectivity index (χ4v) is 6.63. The molecule has 11 heteroatoms. The zero-order chi connectivity index (χ0) is 31.1. The monoisotopic (exact) mass is 642 g/mol. The van der Waals surface area contributed by atoms with E-state index in [1.54, 1.807) is 24.1 Å². The van der Waals surface area contributed by atoms with Gasteiger partial charge in [0.1, 0.15) is 23.9 Å². The van der Waals surface area contributed by atoms with Gasteiger partial charge in [-0.05, 0) is 73.4 Å². The van der Waals surface area contributed by atoms with Gasteiger partial charge in [0, 0.05) is 52.0 Å². The van der Waals surface area contributed by atoms with E-state index < -0.39 is 17.7 Å². The molecule has 0 bridgehead atoms. The number of carbonyl (C=O) groups is 3. The summed E-state index contributed by atoms with van der Waals surface area (Å²) in [7, 11) is 1.61. The molecule has 3 N–H and O–H groups in total. The van der Waals surface area contributed by atoms with Crippen molar-refractivity contribution in [2.75, 3.05) is 39.9 Å². The number of unbranched alkanes of at least 4 members (excludes halogenated alkanes) is 1. The largest absolute Gasteiger partial charge is 0.489 e. The van der Waals surface area contributed by atoms with Crippen LogP contribution < -0.4 is 15.4 Å². The molecule has 0 aliphatic carbocycles. The van der Waals surface area contributed by atoms with Crippen LogP contribution in [0.2, 0.25) is 0 Å². The van der Waals surface area contributed by atoms with Crippen molar-refractivity contribution in [1.82, 2.24) is 20.4 Å². The van der Waals surface area contributed by atoms with E-state index in [0.717, 1.165) is 36.3 Å². The smallest absolute Gasteiger partial charge is 0.251 e. The molecule has 3 heterocycles. The quantitative estimate of drug-likeness (QED) is 0.344. The van der Waals surface area contributed by atoms with Gasteiger partial charge in [0.25, 0.3) is 5.91 Å². The van der Waals surface area contributed by atoms with Gasteiger partial charge in [0.2, 0.25) is 11.8 Å². The average Bonchev–Trinajstić information content (AvgIpc) is 3.07. The van der Waals surface area contributed by atoms with Crippen LogP contribution in [0.3, 0.4) is 0 Å². The van der Waals surface area contributed by atoms with Crippen LogP contribution in [-0.2, 0) is 27.5 Å². The fraction of sp³-hybridized carbons (Fsp3) is 0.559. The number of hydrogen-bond donors (Lipinski definition) is 3. The van der Waals surface area contributed by atoms with E-state index in [9.17, 15) is 19.5 Å². The first-order chi connectivity index (χ1) is 21.3. The summed E-state index contributed by atoms with van der Waals surface area (Å²) in [5.41, 5.74) is 1.87. The molecule has 3 saturated heterocycles. The molecular weight excluding hydrogens is 596 g/mol. The number of nitrogens with zero attached hydrogens (tertiary/aromatic N) is 2. The number of rotatable bonds is 11. The van der Waals surface area contributed by atoms with Crippen LogP contribution in [0, 0.1) is 5.92 Å².